The maximum Gasteiger partial charge on any atom is 0.164 e. The molecule has 404 valence electrons. The summed E-state index contributed by atoms with van der Waals surface area (Å²) < 4.78 is 18.5. The molecule has 0 amide bonds. The zero-order valence-electron chi connectivity index (χ0n) is 46.4. The van der Waals surface area contributed by atoms with Crippen LogP contribution in [0.3, 0.4) is 0 Å². The summed E-state index contributed by atoms with van der Waals surface area (Å²) in [6, 6.07) is 65.8. The lowest BCUT2D eigenvalue weighted by Crippen LogP contribution is -2.63. The molecule has 2 aliphatic rings. The molecule has 11 aromatic rings. The Balaban J connectivity index is 1.26. The van der Waals surface area contributed by atoms with Crippen LogP contribution in [0.5, 0.6) is 0 Å². The second-order valence-electron chi connectivity index (χ2n) is 21.8. The first-order valence-electron chi connectivity index (χ1n) is 28.2. The van der Waals surface area contributed by atoms with Crippen LogP contribution < -0.4 is 18.9 Å². The SMILES string of the molecule is CCCCCCCCS(Nc1ccccc1C)(Nc1ccccc1C)(Nc1ccccc1C)(Nc1ccccc1C)c1cccc2c3nc4nc(nc5[nH]c(nc6nc(nc([nH]3)c12)-c1ccccc1-6)c1ccccc51)-c1ccccc1-4. The van der Waals surface area contributed by atoms with Crippen LogP contribution in [0, 0.1) is 27.7 Å². The van der Waals surface area contributed by atoms with Crippen molar-refractivity contribution in [1.29, 1.82) is 0 Å². The molecule has 0 aliphatic carbocycles. The quantitative estimate of drug-likeness (QED) is 0.0515. The highest BCUT2D eigenvalue weighted by molar-refractivity contribution is 8.68. The summed E-state index contributed by atoms with van der Waals surface area (Å²) >= 11 is 0. The molecule has 0 radical (unpaired) electrons. The molecule has 0 saturated heterocycles. The minimum atomic E-state index is -5.25. The third-order valence-electron chi connectivity index (χ3n) is 16.3. The van der Waals surface area contributed by atoms with Gasteiger partial charge >= 0.3 is 0 Å². The van der Waals surface area contributed by atoms with Gasteiger partial charge in [-0.2, -0.15) is 0 Å². The topological polar surface area (TPSA) is 157 Å². The van der Waals surface area contributed by atoms with E-state index in [-0.39, 0.29) is 0 Å². The van der Waals surface area contributed by atoms with Gasteiger partial charge < -0.3 is 28.9 Å². The summed E-state index contributed by atoms with van der Waals surface area (Å²) in [5.74, 6) is 2.69. The zero-order chi connectivity index (χ0) is 55.2. The standard InChI is InChI=1S/C68H66N12S/c1-6-7-8-9-10-25-43-81(77-55-38-21-11-27-44(55)2,78-56-39-22-12-28-45(56)3,79-57-40-23-13-29-46(57)4,80-58-41-24-14-30-47(58)5)59-42-26-37-54-60(59)68-75-66-53-36-20-19-35-52(53)64(73-66)71-62-49-32-16-15-31-48(49)61(69-62)70-63-50-33-17-18-34-51(50)65(72-63)74-67(54)76-68/h11-24,26-42,77-80H,6-10,25,43H2,1-5H3,(H2,69,70,71,72,73,74,75,76). The van der Waals surface area contributed by atoms with Gasteiger partial charge in [0.15, 0.2) is 23.3 Å². The van der Waals surface area contributed by atoms with E-state index in [9.17, 15) is 0 Å². The van der Waals surface area contributed by atoms with Crippen molar-refractivity contribution in [2.45, 2.75) is 78.0 Å². The minimum Gasteiger partial charge on any atom is -0.324 e. The largest absolute Gasteiger partial charge is 0.324 e. The van der Waals surface area contributed by atoms with Crippen LogP contribution in [0.2, 0.25) is 0 Å². The monoisotopic (exact) mass is 1080 g/mol. The van der Waals surface area contributed by atoms with E-state index in [4.69, 9.17) is 29.9 Å². The van der Waals surface area contributed by atoms with Crippen molar-refractivity contribution in [2.75, 3.05) is 24.6 Å². The van der Waals surface area contributed by atoms with E-state index >= 15 is 0 Å². The normalized spacial score (nSPS) is 12.8. The average Bonchev–Trinajstić information content (AvgIpc) is 3.04. The summed E-state index contributed by atoms with van der Waals surface area (Å²) in [5, 5.41) is 3.52. The molecule has 3 aromatic heterocycles. The number of aromatic amines is 2. The van der Waals surface area contributed by atoms with Gasteiger partial charge in [0.2, 0.25) is 0 Å². The highest BCUT2D eigenvalue weighted by Crippen LogP contribution is 2.91. The van der Waals surface area contributed by atoms with E-state index < -0.39 is 9.04 Å². The Morgan fingerprint density at radius 2 is 0.667 bits per heavy atom. The smallest absolute Gasteiger partial charge is 0.164 e. The number of aromatic nitrogens is 8. The molecule has 12 nitrogen and oxygen atoms in total. The number of unbranched alkanes of at least 4 members (excludes halogenated alkanes) is 5. The lowest BCUT2D eigenvalue weighted by molar-refractivity contribution is 0.625. The Bertz CT molecular complexity index is 4230. The Kier molecular flexibility index (Phi) is 12.7. The number of fused-ring (bicyclic) bond motifs is 20. The van der Waals surface area contributed by atoms with E-state index in [1.54, 1.807) is 0 Å². The second-order valence-corrected chi connectivity index (χ2v) is 27.0. The lowest BCUT2D eigenvalue weighted by Gasteiger charge is -2.82. The number of rotatable bonds is 16. The van der Waals surface area contributed by atoms with Gasteiger partial charge in [-0.15, -0.1) is 0 Å². The van der Waals surface area contributed by atoms with Crippen molar-refractivity contribution in [1.82, 2.24) is 39.9 Å². The molecule has 0 atom stereocenters. The van der Waals surface area contributed by atoms with Gasteiger partial charge in [-0.25, -0.2) is 29.9 Å². The van der Waals surface area contributed by atoms with Crippen LogP contribution in [0.25, 0.3) is 89.7 Å². The van der Waals surface area contributed by atoms with Crippen LogP contribution in [0.4, 0.5) is 22.7 Å². The average molecular weight is 1080 g/mol. The Morgan fingerprint density at radius 3 is 1.09 bits per heavy atom. The maximum absolute atomic E-state index is 5.79. The number of hydrogen-bond donors (Lipinski definition) is 6. The van der Waals surface area contributed by atoms with Gasteiger partial charge in [-0.05, 0) is 95.7 Å². The fourth-order valence-corrected chi connectivity index (χ4v) is 18.8. The summed E-state index contributed by atoms with van der Waals surface area (Å²) in [6.07, 6.45) is 6.36. The van der Waals surface area contributed by atoms with Crippen LogP contribution >= 0.6 is 9.04 Å². The number of nitrogens with one attached hydrogen (secondary N) is 6. The number of anilines is 4. The fraction of sp³-hybridized carbons (Fsp3) is 0.176. The fourth-order valence-electron chi connectivity index (χ4n) is 12.0. The molecule has 8 aromatic carbocycles. The molecular formula is C68H66N12S. The molecule has 6 N–H and O–H groups in total. The predicted octanol–water partition coefficient (Wildman–Crippen LogP) is 17.8. The van der Waals surface area contributed by atoms with Crippen molar-refractivity contribution in [2.24, 2.45) is 0 Å². The number of H-pyrrole nitrogens is 2. The van der Waals surface area contributed by atoms with Gasteiger partial charge in [-0.3, -0.25) is 0 Å². The van der Waals surface area contributed by atoms with Crippen LogP contribution in [-0.2, 0) is 0 Å². The number of aryl methyl sites for hydroxylation is 4. The van der Waals surface area contributed by atoms with Crippen LogP contribution in [0.15, 0.2) is 193 Å². The zero-order valence-corrected chi connectivity index (χ0v) is 47.3. The van der Waals surface area contributed by atoms with E-state index in [1.165, 1.54) is 6.42 Å². The number of nitrogens with zero attached hydrogens (tertiary/aromatic N) is 6. The van der Waals surface area contributed by atoms with Gasteiger partial charge in [0.05, 0.1) is 4.90 Å². The molecule has 81 heavy (non-hydrogen) atoms. The minimum absolute atomic E-state index is 0.516. The van der Waals surface area contributed by atoms with Crippen molar-refractivity contribution in [3.63, 3.8) is 0 Å². The molecule has 13 rings (SSSR count). The van der Waals surface area contributed by atoms with Gasteiger partial charge in [0, 0.05) is 72.3 Å². The van der Waals surface area contributed by atoms with Gasteiger partial charge in [0.1, 0.15) is 22.6 Å². The summed E-state index contributed by atoms with van der Waals surface area (Å²) in [7, 11) is -5.25. The molecule has 0 fully saturated rings. The second kappa shape index (κ2) is 20.1. The van der Waals surface area contributed by atoms with Gasteiger partial charge in [0.25, 0.3) is 0 Å². The number of hydrogen-bond acceptors (Lipinski definition) is 10. The molecule has 8 bridgehead atoms. The molecule has 5 heterocycles. The summed E-state index contributed by atoms with van der Waals surface area (Å²) in [5.41, 5.74) is 14.1. The molecule has 0 spiro atoms. The predicted molar refractivity (Wildman–Crippen MR) is 339 cm³/mol. The first kappa shape index (κ1) is 51.1. The van der Waals surface area contributed by atoms with Crippen LogP contribution in [0.1, 0.15) is 67.7 Å². The van der Waals surface area contributed by atoms with Crippen molar-refractivity contribution in [3.05, 3.63) is 210 Å². The molecule has 0 saturated carbocycles. The highest BCUT2D eigenvalue weighted by atomic mass is 32.4. The maximum atomic E-state index is 5.79. The first-order valence-corrected chi connectivity index (χ1v) is 30.9. The van der Waals surface area contributed by atoms with E-state index in [2.05, 4.69) is 215 Å². The van der Waals surface area contributed by atoms with Crippen molar-refractivity contribution >= 4 is 75.9 Å². The Hall–Kier alpha value is -9.33. The molecular weight excluding hydrogens is 1020 g/mol. The van der Waals surface area contributed by atoms with E-state index in [1.807, 2.05) is 36.4 Å². The van der Waals surface area contributed by atoms with Gasteiger partial charge in [-0.1, -0.05) is 197 Å². The van der Waals surface area contributed by atoms with E-state index in [0.29, 0.717) is 51.6 Å². The molecule has 2 aliphatic heterocycles. The third kappa shape index (κ3) is 8.79. The third-order valence-corrected chi connectivity index (χ3v) is 22.2. The molecule has 13 heteroatoms. The number of benzene rings is 8. The Labute approximate surface area is 471 Å². The van der Waals surface area contributed by atoms with Crippen molar-refractivity contribution < 1.29 is 0 Å². The summed E-state index contributed by atoms with van der Waals surface area (Å²) in [6.45, 7) is 11.0. The Morgan fingerprint density at radius 1 is 0.333 bits per heavy atom. The van der Waals surface area contributed by atoms with Crippen LogP contribution in [-0.4, -0.2) is 45.6 Å². The highest BCUT2D eigenvalue weighted by Gasteiger charge is 2.62. The van der Waals surface area contributed by atoms with Crippen molar-refractivity contribution in [3.8, 4) is 45.6 Å². The van der Waals surface area contributed by atoms with E-state index in [0.717, 1.165) is 126 Å². The first-order chi connectivity index (χ1) is 39.6. The lowest BCUT2D eigenvalue weighted by atomic mass is 10.1. The summed E-state index contributed by atoms with van der Waals surface area (Å²) in [4.78, 5) is 41.1. The number of para-hydroxylation sites is 4. The molecule has 0 unspecified atom stereocenters.